The molecule has 20 heavy (non-hydrogen) atoms. The summed E-state index contributed by atoms with van der Waals surface area (Å²) in [6, 6.07) is 2.88. The molecule has 1 atom stereocenters. The molecule has 0 saturated carbocycles. The lowest BCUT2D eigenvalue weighted by molar-refractivity contribution is -0.385. The van der Waals surface area contributed by atoms with Crippen molar-refractivity contribution >= 4 is 11.6 Å². The zero-order chi connectivity index (χ0) is 14.5. The fourth-order valence-electron chi connectivity index (χ4n) is 2.25. The zero-order valence-corrected chi connectivity index (χ0v) is 10.9. The van der Waals surface area contributed by atoms with Crippen LogP contribution in [0.5, 0.6) is 0 Å². The van der Waals surface area contributed by atoms with E-state index in [0.717, 1.165) is 44.1 Å². The second-order valence-electron chi connectivity index (χ2n) is 4.88. The number of halogens is 1. The van der Waals surface area contributed by atoms with Crippen molar-refractivity contribution in [3.05, 3.63) is 39.7 Å². The maximum Gasteiger partial charge on any atom is 0.273 e. The molecule has 1 fully saturated rings. The summed E-state index contributed by atoms with van der Waals surface area (Å²) in [6.45, 7) is 2.31. The van der Waals surface area contributed by atoms with Crippen molar-refractivity contribution in [2.45, 2.75) is 12.8 Å². The van der Waals surface area contributed by atoms with Crippen LogP contribution in [0, 0.1) is 21.8 Å². The van der Waals surface area contributed by atoms with E-state index in [4.69, 9.17) is 0 Å². The summed E-state index contributed by atoms with van der Waals surface area (Å²) in [5, 5.41) is 16.6. The van der Waals surface area contributed by atoms with E-state index < -0.39 is 22.3 Å². The van der Waals surface area contributed by atoms with Gasteiger partial charge in [0.25, 0.3) is 11.6 Å². The molecule has 1 saturated heterocycles. The first-order chi connectivity index (χ1) is 9.56. The van der Waals surface area contributed by atoms with Crippen LogP contribution in [0.3, 0.4) is 0 Å². The molecule has 0 aliphatic carbocycles. The van der Waals surface area contributed by atoms with Gasteiger partial charge in [-0.15, -0.1) is 0 Å². The first-order valence-corrected chi connectivity index (χ1v) is 6.50. The number of carbonyl (C=O) groups excluding carboxylic acids is 1. The summed E-state index contributed by atoms with van der Waals surface area (Å²) in [5.41, 5.74) is -0.449. The summed E-state index contributed by atoms with van der Waals surface area (Å²) >= 11 is 0. The third-order valence-corrected chi connectivity index (χ3v) is 3.31. The molecule has 0 bridgehead atoms. The number of nitrogens with zero attached hydrogens (tertiary/aromatic N) is 1. The number of carbonyl (C=O) groups is 1. The van der Waals surface area contributed by atoms with E-state index in [1.807, 2.05) is 0 Å². The standard InChI is InChI=1S/C13H16FN3O3/c14-11-4-10(5-12(6-11)17(19)20)13(18)16-8-9-2-1-3-15-7-9/h4-6,9,15H,1-3,7-8H2,(H,16,18). The number of nitro benzene ring substituents is 1. The number of amides is 1. The van der Waals surface area contributed by atoms with E-state index in [-0.39, 0.29) is 5.56 Å². The van der Waals surface area contributed by atoms with Gasteiger partial charge in [-0.3, -0.25) is 14.9 Å². The second kappa shape index (κ2) is 6.42. The molecule has 0 aromatic heterocycles. The molecule has 1 unspecified atom stereocenters. The molecule has 1 amide bonds. The Hall–Kier alpha value is -2.02. The maximum atomic E-state index is 13.2. The van der Waals surface area contributed by atoms with Gasteiger partial charge in [-0.2, -0.15) is 0 Å². The average Bonchev–Trinajstić information content (AvgIpc) is 2.45. The lowest BCUT2D eigenvalue weighted by Crippen LogP contribution is -2.38. The fourth-order valence-corrected chi connectivity index (χ4v) is 2.25. The Balaban J connectivity index is 1.99. The number of nitrogens with one attached hydrogen (secondary N) is 2. The monoisotopic (exact) mass is 281 g/mol. The molecule has 1 aliphatic rings. The minimum atomic E-state index is -0.788. The Kier molecular flexibility index (Phi) is 4.62. The minimum Gasteiger partial charge on any atom is -0.352 e. The second-order valence-corrected chi connectivity index (χ2v) is 4.88. The smallest absolute Gasteiger partial charge is 0.273 e. The predicted molar refractivity (Wildman–Crippen MR) is 71.0 cm³/mol. The highest BCUT2D eigenvalue weighted by atomic mass is 19.1. The van der Waals surface area contributed by atoms with Crippen LogP contribution in [0.15, 0.2) is 18.2 Å². The van der Waals surface area contributed by atoms with Crippen molar-refractivity contribution < 1.29 is 14.1 Å². The van der Waals surface area contributed by atoms with Gasteiger partial charge in [-0.25, -0.2) is 4.39 Å². The SMILES string of the molecule is O=C(NCC1CCCNC1)c1cc(F)cc([N+](=O)[O-])c1. The van der Waals surface area contributed by atoms with Crippen molar-refractivity contribution in [1.82, 2.24) is 10.6 Å². The number of benzene rings is 1. The van der Waals surface area contributed by atoms with Crippen molar-refractivity contribution in [3.8, 4) is 0 Å². The molecule has 0 spiro atoms. The Morgan fingerprint density at radius 1 is 1.50 bits per heavy atom. The van der Waals surface area contributed by atoms with Gasteiger partial charge in [0.2, 0.25) is 0 Å². The van der Waals surface area contributed by atoms with Crippen LogP contribution < -0.4 is 10.6 Å². The Labute approximate surface area is 115 Å². The topological polar surface area (TPSA) is 84.3 Å². The van der Waals surface area contributed by atoms with Crippen LogP contribution in [0.1, 0.15) is 23.2 Å². The minimum absolute atomic E-state index is 0.0273. The normalized spacial score (nSPS) is 18.6. The van der Waals surface area contributed by atoms with E-state index in [9.17, 15) is 19.3 Å². The molecule has 0 radical (unpaired) electrons. The van der Waals surface area contributed by atoms with Gasteiger partial charge < -0.3 is 10.6 Å². The lowest BCUT2D eigenvalue weighted by Gasteiger charge is -2.22. The van der Waals surface area contributed by atoms with Crippen molar-refractivity contribution in [3.63, 3.8) is 0 Å². The van der Waals surface area contributed by atoms with Crippen molar-refractivity contribution in [2.75, 3.05) is 19.6 Å². The third kappa shape index (κ3) is 3.74. The van der Waals surface area contributed by atoms with Gasteiger partial charge in [0, 0.05) is 18.2 Å². The van der Waals surface area contributed by atoms with Gasteiger partial charge in [-0.05, 0) is 37.9 Å². The van der Waals surface area contributed by atoms with Crippen LogP contribution in [-0.2, 0) is 0 Å². The molecular weight excluding hydrogens is 265 g/mol. The number of non-ortho nitro benzene ring substituents is 1. The van der Waals surface area contributed by atoms with E-state index in [0.29, 0.717) is 12.5 Å². The summed E-state index contributed by atoms with van der Waals surface area (Å²) in [5.74, 6) is -0.932. The molecular formula is C13H16FN3O3. The highest BCUT2D eigenvalue weighted by Gasteiger charge is 2.17. The molecule has 2 N–H and O–H groups in total. The Bertz CT molecular complexity index is 516. The first kappa shape index (κ1) is 14.4. The number of piperidine rings is 1. The van der Waals surface area contributed by atoms with E-state index in [1.54, 1.807) is 0 Å². The van der Waals surface area contributed by atoms with Crippen LogP contribution >= 0.6 is 0 Å². The average molecular weight is 281 g/mol. The number of hydrogen-bond acceptors (Lipinski definition) is 4. The number of nitro groups is 1. The highest BCUT2D eigenvalue weighted by molar-refractivity contribution is 5.94. The van der Waals surface area contributed by atoms with Crippen LogP contribution in [0.4, 0.5) is 10.1 Å². The molecule has 1 heterocycles. The first-order valence-electron chi connectivity index (χ1n) is 6.50. The summed E-state index contributed by atoms with van der Waals surface area (Å²) in [7, 11) is 0. The zero-order valence-electron chi connectivity index (χ0n) is 10.9. The largest absolute Gasteiger partial charge is 0.352 e. The van der Waals surface area contributed by atoms with Crippen LogP contribution in [0.2, 0.25) is 0 Å². The summed E-state index contributed by atoms with van der Waals surface area (Å²) < 4.78 is 13.2. The maximum absolute atomic E-state index is 13.2. The van der Waals surface area contributed by atoms with Gasteiger partial charge in [0.05, 0.1) is 11.0 Å². The molecule has 1 aromatic rings. The number of hydrogen-bond donors (Lipinski definition) is 2. The molecule has 1 aliphatic heterocycles. The third-order valence-electron chi connectivity index (χ3n) is 3.31. The highest BCUT2D eigenvalue weighted by Crippen LogP contribution is 2.16. The Morgan fingerprint density at radius 2 is 2.30 bits per heavy atom. The van der Waals surface area contributed by atoms with Crippen LogP contribution in [0.25, 0.3) is 0 Å². The van der Waals surface area contributed by atoms with Crippen molar-refractivity contribution in [2.24, 2.45) is 5.92 Å². The molecule has 7 heteroatoms. The molecule has 1 aromatic carbocycles. The van der Waals surface area contributed by atoms with E-state index in [1.165, 1.54) is 0 Å². The number of rotatable bonds is 4. The Morgan fingerprint density at radius 3 is 2.95 bits per heavy atom. The van der Waals surface area contributed by atoms with Crippen LogP contribution in [-0.4, -0.2) is 30.5 Å². The van der Waals surface area contributed by atoms with E-state index in [2.05, 4.69) is 10.6 Å². The van der Waals surface area contributed by atoms with Gasteiger partial charge >= 0.3 is 0 Å². The predicted octanol–water partition coefficient (Wildman–Crippen LogP) is 1.46. The molecule has 108 valence electrons. The summed E-state index contributed by atoms with van der Waals surface area (Å²) in [4.78, 5) is 21.8. The molecule has 2 rings (SSSR count). The van der Waals surface area contributed by atoms with Gasteiger partial charge in [0.15, 0.2) is 0 Å². The quantitative estimate of drug-likeness (QED) is 0.646. The lowest BCUT2D eigenvalue weighted by atomic mass is 9.99. The summed E-state index contributed by atoms with van der Waals surface area (Å²) in [6.07, 6.45) is 2.09. The van der Waals surface area contributed by atoms with Gasteiger partial charge in [-0.1, -0.05) is 0 Å². The molecule has 6 nitrogen and oxygen atoms in total. The van der Waals surface area contributed by atoms with E-state index >= 15 is 0 Å². The fraction of sp³-hybridized carbons (Fsp3) is 0.462. The van der Waals surface area contributed by atoms with Gasteiger partial charge in [0.1, 0.15) is 5.82 Å². The van der Waals surface area contributed by atoms with Crippen molar-refractivity contribution in [1.29, 1.82) is 0 Å².